The molecule has 3 aromatic rings. The summed E-state index contributed by atoms with van der Waals surface area (Å²) in [5, 5.41) is 9.93. The number of aryl methyl sites for hydroxylation is 1. The normalized spacial score (nSPS) is 17.0. The number of hydrogen-bond donors (Lipinski definition) is 1. The van der Waals surface area contributed by atoms with Crippen LogP contribution in [0.5, 0.6) is 0 Å². The lowest BCUT2D eigenvalue weighted by Gasteiger charge is -2.35. The average Bonchev–Trinajstić information content (AvgIpc) is 2.91. The van der Waals surface area contributed by atoms with Gasteiger partial charge in [-0.05, 0) is 45.7 Å². The summed E-state index contributed by atoms with van der Waals surface area (Å²) in [6.07, 6.45) is 2.26. The van der Waals surface area contributed by atoms with Crippen LogP contribution in [0.3, 0.4) is 0 Å². The molecule has 1 aliphatic rings. The Morgan fingerprint density at radius 2 is 1.92 bits per heavy atom. The third-order valence-electron chi connectivity index (χ3n) is 5.17. The first-order valence-electron chi connectivity index (χ1n) is 8.98. The van der Waals surface area contributed by atoms with Gasteiger partial charge in [0.2, 0.25) is 0 Å². The molecule has 4 rings (SSSR count). The molecule has 132 valence electrons. The molecule has 1 aliphatic heterocycles. The van der Waals surface area contributed by atoms with Crippen LogP contribution in [0.1, 0.15) is 32.4 Å². The van der Waals surface area contributed by atoms with E-state index in [1.165, 1.54) is 0 Å². The van der Waals surface area contributed by atoms with Gasteiger partial charge in [0.1, 0.15) is 10.8 Å². The first kappa shape index (κ1) is 16.6. The smallest absolute Gasteiger partial charge is 0.176 e. The number of piperidine rings is 1. The zero-order valence-electron chi connectivity index (χ0n) is 15.0. The lowest BCUT2D eigenvalue weighted by molar-refractivity contribution is 0.177. The molecule has 1 saturated heterocycles. The van der Waals surface area contributed by atoms with Gasteiger partial charge in [0.15, 0.2) is 5.65 Å². The van der Waals surface area contributed by atoms with Gasteiger partial charge in [0, 0.05) is 30.6 Å². The Bertz CT molecular complexity index is 909. The molecule has 0 unspecified atom stereocenters. The molecule has 1 N–H and O–H groups in total. The van der Waals surface area contributed by atoms with Gasteiger partial charge in [-0.25, -0.2) is 9.50 Å². The Morgan fingerprint density at radius 3 is 2.64 bits per heavy atom. The monoisotopic (exact) mass is 357 g/mol. The summed E-state index contributed by atoms with van der Waals surface area (Å²) in [7, 11) is 0. The summed E-state index contributed by atoms with van der Waals surface area (Å²) in [6, 6.07) is 9.29. The lowest BCUT2D eigenvalue weighted by Crippen LogP contribution is -2.42. The van der Waals surface area contributed by atoms with Crippen LogP contribution in [0, 0.1) is 6.92 Å². The number of halogens is 1. The number of benzene rings is 1. The van der Waals surface area contributed by atoms with Gasteiger partial charge in [-0.3, -0.25) is 0 Å². The predicted octanol–water partition coefficient (Wildman–Crippen LogP) is 4.13. The van der Waals surface area contributed by atoms with E-state index in [0.29, 0.717) is 17.1 Å². The van der Waals surface area contributed by atoms with E-state index in [1.54, 1.807) is 0 Å². The Balaban J connectivity index is 1.70. The molecule has 3 heterocycles. The summed E-state index contributed by atoms with van der Waals surface area (Å²) in [4.78, 5) is 7.35. The van der Waals surface area contributed by atoms with E-state index in [9.17, 15) is 0 Å². The van der Waals surface area contributed by atoms with Crippen LogP contribution in [0.2, 0.25) is 5.02 Å². The van der Waals surface area contributed by atoms with Gasteiger partial charge in [-0.1, -0.05) is 23.7 Å². The number of nitrogens with one attached hydrogen (secondary N) is 1. The van der Waals surface area contributed by atoms with Crippen molar-refractivity contribution >= 4 is 34.0 Å². The summed E-state index contributed by atoms with van der Waals surface area (Å²) in [5.41, 5.74) is 2.56. The van der Waals surface area contributed by atoms with E-state index in [4.69, 9.17) is 16.6 Å². The fourth-order valence-corrected chi connectivity index (χ4v) is 3.81. The molecule has 0 atom stereocenters. The fraction of sp³-hybridized carbons (Fsp3) is 0.474. The Labute approximate surface area is 153 Å². The molecule has 0 saturated carbocycles. The molecule has 1 aromatic carbocycles. The van der Waals surface area contributed by atoms with Crippen molar-refractivity contribution < 1.29 is 0 Å². The molecular weight excluding hydrogens is 334 g/mol. The SMILES string of the molecule is Cc1nn2c(nc(NC3CCN(C(C)C)CC3)c3ccccc32)c1Cl. The number of likely N-dealkylation sites (tertiary alicyclic amines) is 1. The highest BCUT2D eigenvalue weighted by Crippen LogP contribution is 2.29. The van der Waals surface area contributed by atoms with Gasteiger partial charge in [0.05, 0.1) is 11.2 Å². The van der Waals surface area contributed by atoms with E-state index in [-0.39, 0.29) is 0 Å². The molecule has 1 fully saturated rings. The van der Waals surface area contributed by atoms with Gasteiger partial charge in [-0.2, -0.15) is 5.10 Å². The van der Waals surface area contributed by atoms with Gasteiger partial charge < -0.3 is 10.2 Å². The molecule has 0 aliphatic carbocycles. The highest BCUT2D eigenvalue weighted by Gasteiger charge is 2.22. The third kappa shape index (κ3) is 2.96. The maximum Gasteiger partial charge on any atom is 0.176 e. The van der Waals surface area contributed by atoms with Gasteiger partial charge in [0.25, 0.3) is 0 Å². The Hall–Kier alpha value is -1.85. The minimum atomic E-state index is 0.441. The summed E-state index contributed by atoms with van der Waals surface area (Å²) in [5.74, 6) is 0.910. The molecule has 0 bridgehead atoms. The first-order valence-corrected chi connectivity index (χ1v) is 9.36. The lowest BCUT2D eigenvalue weighted by atomic mass is 10.0. The highest BCUT2D eigenvalue weighted by molar-refractivity contribution is 6.34. The number of fused-ring (bicyclic) bond motifs is 3. The van der Waals surface area contributed by atoms with Crippen molar-refractivity contribution in [2.45, 2.75) is 45.7 Å². The minimum Gasteiger partial charge on any atom is -0.367 e. The second-order valence-corrected chi connectivity index (χ2v) is 7.54. The Kier molecular flexibility index (Phi) is 4.29. The summed E-state index contributed by atoms with van der Waals surface area (Å²) < 4.78 is 1.85. The van der Waals surface area contributed by atoms with Crippen LogP contribution in [0.4, 0.5) is 5.82 Å². The van der Waals surface area contributed by atoms with Crippen molar-refractivity contribution in [2.24, 2.45) is 0 Å². The largest absolute Gasteiger partial charge is 0.367 e. The molecule has 5 nitrogen and oxygen atoms in total. The molecule has 2 aromatic heterocycles. The first-order chi connectivity index (χ1) is 12.0. The van der Waals surface area contributed by atoms with Crippen LogP contribution >= 0.6 is 11.6 Å². The quantitative estimate of drug-likeness (QED) is 0.765. The average molecular weight is 358 g/mol. The second-order valence-electron chi connectivity index (χ2n) is 7.16. The molecule has 0 spiro atoms. The van der Waals surface area contributed by atoms with Crippen LogP contribution < -0.4 is 5.32 Å². The van der Waals surface area contributed by atoms with E-state index < -0.39 is 0 Å². The zero-order valence-corrected chi connectivity index (χ0v) is 15.7. The van der Waals surface area contributed by atoms with Crippen LogP contribution in [-0.2, 0) is 0 Å². The van der Waals surface area contributed by atoms with Crippen molar-refractivity contribution in [1.82, 2.24) is 19.5 Å². The minimum absolute atomic E-state index is 0.441. The molecular formula is C19H24ClN5. The number of nitrogens with zero attached hydrogens (tertiary/aromatic N) is 4. The second kappa shape index (κ2) is 6.46. The zero-order chi connectivity index (χ0) is 17.6. The van der Waals surface area contributed by atoms with Crippen molar-refractivity contribution in [3.05, 3.63) is 35.0 Å². The van der Waals surface area contributed by atoms with E-state index in [0.717, 1.165) is 54.0 Å². The molecule has 0 radical (unpaired) electrons. The van der Waals surface area contributed by atoms with E-state index in [2.05, 4.69) is 41.3 Å². The van der Waals surface area contributed by atoms with Crippen molar-refractivity contribution in [1.29, 1.82) is 0 Å². The predicted molar refractivity (Wildman–Crippen MR) is 104 cm³/mol. The number of para-hydroxylation sites is 1. The number of anilines is 1. The molecule has 0 amide bonds. The molecule has 6 heteroatoms. The standard InChI is InChI=1S/C19H24ClN5/c1-12(2)24-10-8-14(9-11-24)21-18-15-6-4-5-7-16(15)25-19(22-18)17(20)13(3)23-25/h4-7,12,14H,8-11H2,1-3H3,(H,21,22). The van der Waals surface area contributed by atoms with Crippen molar-refractivity contribution in [3.63, 3.8) is 0 Å². The fourth-order valence-electron chi connectivity index (χ4n) is 3.65. The Morgan fingerprint density at radius 1 is 1.20 bits per heavy atom. The maximum atomic E-state index is 6.43. The van der Waals surface area contributed by atoms with Crippen LogP contribution in [0.15, 0.2) is 24.3 Å². The summed E-state index contributed by atoms with van der Waals surface area (Å²) in [6.45, 7) is 8.70. The topological polar surface area (TPSA) is 45.5 Å². The van der Waals surface area contributed by atoms with E-state index in [1.807, 2.05) is 23.6 Å². The number of rotatable bonds is 3. The van der Waals surface area contributed by atoms with Crippen molar-refractivity contribution in [2.75, 3.05) is 18.4 Å². The van der Waals surface area contributed by atoms with Crippen LogP contribution in [0.25, 0.3) is 16.6 Å². The van der Waals surface area contributed by atoms with Crippen LogP contribution in [-0.4, -0.2) is 44.7 Å². The molecule has 25 heavy (non-hydrogen) atoms. The van der Waals surface area contributed by atoms with Crippen molar-refractivity contribution in [3.8, 4) is 0 Å². The summed E-state index contributed by atoms with van der Waals surface area (Å²) >= 11 is 6.43. The van der Waals surface area contributed by atoms with E-state index >= 15 is 0 Å². The van der Waals surface area contributed by atoms with Gasteiger partial charge >= 0.3 is 0 Å². The number of aromatic nitrogens is 3. The highest BCUT2D eigenvalue weighted by atomic mass is 35.5. The third-order valence-corrected chi connectivity index (χ3v) is 5.61. The number of hydrogen-bond acceptors (Lipinski definition) is 4. The maximum absolute atomic E-state index is 6.43. The van der Waals surface area contributed by atoms with Gasteiger partial charge in [-0.15, -0.1) is 0 Å².